The van der Waals surface area contributed by atoms with E-state index in [1.807, 2.05) is 0 Å². The second kappa shape index (κ2) is 4.39. The van der Waals surface area contributed by atoms with E-state index in [-0.39, 0.29) is 12.6 Å². The average Bonchev–Trinajstić information content (AvgIpc) is 2.54. The quantitative estimate of drug-likeness (QED) is 0.619. The zero-order valence-electron chi connectivity index (χ0n) is 8.70. The summed E-state index contributed by atoms with van der Waals surface area (Å²) in [6.45, 7) is -0.330. The number of hydrogen-bond donors (Lipinski definition) is 3. The van der Waals surface area contributed by atoms with Crippen molar-refractivity contribution in [3.05, 3.63) is 0 Å². The molecule has 2 aliphatic heterocycles. The molecule has 4 N–H and O–H groups in total. The SMILES string of the molecule is NC1=NC(O)N([C@@H]2S[C@H](CO)CC2(F)F)C=N1. The topological polar surface area (TPSA) is 94.4 Å². The lowest BCUT2D eigenvalue weighted by Crippen LogP contribution is -2.49. The van der Waals surface area contributed by atoms with Crippen molar-refractivity contribution in [3.8, 4) is 0 Å². The molecule has 0 radical (unpaired) electrons. The van der Waals surface area contributed by atoms with E-state index in [4.69, 9.17) is 10.8 Å². The summed E-state index contributed by atoms with van der Waals surface area (Å²) in [5.41, 5.74) is 5.24. The Hall–Kier alpha value is -0.930. The third-order valence-corrected chi connectivity index (χ3v) is 4.04. The van der Waals surface area contributed by atoms with Crippen LogP contribution >= 0.6 is 11.8 Å². The van der Waals surface area contributed by atoms with E-state index in [0.29, 0.717) is 0 Å². The van der Waals surface area contributed by atoms with Gasteiger partial charge < -0.3 is 15.9 Å². The van der Waals surface area contributed by atoms with Crippen molar-refractivity contribution < 1.29 is 19.0 Å². The van der Waals surface area contributed by atoms with Gasteiger partial charge in [-0.05, 0) is 0 Å². The summed E-state index contributed by atoms with van der Waals surface area (Å²) in [6, 6.07) is 0. The number of nitrogens with two attached hydrogens (primary N) is 1. The lowest BCUT2D eigenvalue weighted by Gasteiger charge is -2.33. The van der Waals surface area contributed by atoms with Crippen molar-refractivity contribution in [2.24, 2.45) is 15.7 Å². The zero-order valence-corrected chi connectivity index (χ0v) is 9.52. The predicted octanol–water partition coefficient (Wildman–Crippen LogP) is -0.620. The minimum absolute atomic E-state index is 0.154. The molecule has 6 nitrogen and oxygen atoms in total. The van der Waals surface area contributed by atoms with Gasteiger partial charge in [0.05, 0.1) is 12.9 Å². The molecule has 2 heterocycles. The highest BCUT2D eigenvalue weighted by Gasteiger charge is 2.53. The van der Waals surface area contributed by atoms with Gasteiger partial charge in [-0.1, -0.05) is 0 Å². The summed E-state index contributed by atoms with van der Waals surface area (Å²) < 4.78 is 27.3. The van der Waals surface area contributed by atoms with Crippen LogP contribution in [0.15, 0.2) is 9.98 Å². The molecule has 17 heavy (non-hydrogen) atoms. The number of nitrogens with zero attached hydrogens (tertiary/aromatic N) is 3. The van der Waals surface area contributed by atoms with Gasteiger partial charge >= 0.3 is 0 Å². The van der Waals surface area contributed by atoms with Crippen molar-refractivity contribution >= 4 is 24.1 Å². The van der Waals surface area contributed by atoms with Gasteiger partial charge in [0.2, 0.25) is 12.3 Å². The summed E-state index contributed by atoms with van der Waals surface area (Å²) in [6.07, 6.45) is -0.846. The Kier molecular flexibility index (Phi) is 3.23. The molecule has 2 aliphatic rings. The van der Waals surface area contributed by atoms with Crippen LogP contribution in [0.5, 0.6) is 0 Å². The lowest BCUT2D eigenvalue weighted by molar-refractivity contribution is -0.0643. The van der Waals surface area contributed by atoms with Crippen LogP contribution in [0.2, 0.25) is 0 Å². The van der Waals surface area contributed by atoms with Gasteiger partial charge in [-0.3, -0.25) is 4.90 Å². The third kappa shape index (κ3) is 2.35. The predicted molar refractivity (Wildman–Crippen MR) is 59.8 cm³/mol. The smallest absolute Gasteiger partial charge is 0.278 e. The number of halogens is 2. The van der Waals surface area contributed by atoms with Gasteiger partial charge in [-0.2, -0.15) is 4.99 Å². The average molecular weight is 266 g/mol. The number of hydrogen-bond acceptors (Lipinski definition) is 7. The normalized spacial score (nSPS) is 36.1. The highest BCUT2D eigenvalue weighted by molar-refractivity contribution is 8.00. The van der Waals surface area contributed by atoms with E-state index in [1.165, 1.54) is 0 Å². The molecule has 3 atom stereocenters. The van der Waals surface area contributed by atoms with E-state index in [2.05, 4.69) is 9.98 Å². The second-order valence-corrected chi connectivity index (χ2v) is 5.17. The first kappa shape index (κ1) is 12.5. The molecule has 0 aromatic heterocycles. The van der Waals surface area contributed by atoms with Gasteiger partial charge in [-0.15, -0.1) is 11.8 Å². The number of guanidine groups is 1. The molecule has 1 saturated heterocycles. The van der Waals surface area contributed by atoms with Crippen LogP contribution in [-0.2, 0) is 0 Å². The Morgan fingerprint density at radius 3 is 2.88 bits per heavy atom. The number of aliphatic hydroxyl groups excluding tert-OH is 2. The van der Waals surface area contributed by atoms with Crippen LogP contribution in [0.4, 0.5) is 8.78 Å². The number of rotatable bonds is 2. The second-order valence-electron chi connectivity index (χ2n) is 3.78. The fourth-order valence-electron chi connectivity index (χ4n) is 1.72. The summed E-state index contributed by atoms with van der Waals surface area (Å²) >= 11 is 0.894. The van der Waals surface area contributed by atoms with Crippen molar-refractivity contribution in [2.45, 2.75) is 29.3 Å². The van der Waals surface area contributed by atoms with Gasteiger partial charge in [0, 0.05) is 11.7 Å². The monoisotopic (exact) mass is 266 g/mol. The maximum absolute atomic E-state index is 13.7. The van der Waals surface area contributed by atoms with Crippen molar-refractivity contribution in [1.29, 1.82) is 0 Å². The maximum Gasteiger partial charge on any atom is 0.278 e. The Bertz CT molecular complexity index is 365. The molecule has 0 saturated carbocycles. The van der Waals surface area contributed by atoms with E-state index in [0.717, 1.165) is 23.0 Å². The molecule has 96 valence electrons. The maximum atomic E-state index is 13.7. The number of aliphatic imine (C=N–C) groups is 2. The summed E-state index contributed by atoms with van der Waals surface area (Å²) in [7, 11) is 0. The Balaban J connectivity index is 2.15. The molecule has 0 aliphatic carbocycles. The van der Waals surface area contributed by atoms with Gasteiger partial charge in [0.25, 0.3) is 5.92 Å². The van der Waals surface area contributed by atoms with Crippen LogP contribution in [0, 0.1) is 0 Å². The summed E-state index contributed by atoms with van der Waals surface area (Å²) in [5, 5.41) is 16.6. The molecule has 0 bridgehead atoms. The first-order chi connectivity index (χ1) is 7.94. The first-order valence-electron chi connectivity index (χ1n) is 4.91. The molecule has 1 fully saturated rings. The number of thioether (sulfide) groups is 1. The fraction of sp³-hybridized carbons (Fsp3) is 0.750. The van der Waals surface area contributed by atoms with E-state index in [1.54, 1.807) is 0 Å². The third-order valence-electron chi connectivity index (χ3n) is 2.49. The Labute approximate surface area is 100 Å². The van der Waals surface area contributed by atoms with Crippen LogP contribution in [-0.4, -0.2) is 56.9 Å². The first-order valence-corrected chi connectivity index (χ1v) is 5.85. The standard InChI is InChI=1S/C8H12F2N4O2S/c9-8(10)1-4(2-15)17-5(8)14-3-12-6(11)13-7(14)16/h3-5,7,15-16H,1-2H2,(H2,11,13)/t4-,5+,7?/m0/s1. The minimum atomic E-state index is -3.02. The zero-order chi connectivity index (χ0) is 12.6. The summed E-state index contributed by atoms with van der Waals surface area (Å²) in [4.78, 5) is 8.02. The molecule has 0 aromatic carbocycles. The largest absolute Gasteiger partial charge is 0.395 e. The van der Waals surface area contributed by atoms with Crippen molar-refractivity contribution in [2.75, 3.05) is 6.61 Å². The van der Waals surface area contributed by atoms with Crippen LogP contribution < -0.4 is 5.73 Å². The van der Waals surface area contributed by atoms with Crippen LogP contribution in [0.1, 0.15) is 6.42 Å². The highest BCUT2D eigenvalue weighted by atomic mass is 32.2. The van der Waals surface area contributed by atoms with Gasteiger partial charge in [0.1, 0.15) is 5.37 Å². The number of alkyl halides is 2. The Morgan fingerprint density at radius 2 is 2.35 bits per heavy atom. The molecular formula is C8H12F2N4O2S. The molecule has 1 unspecified atom stereocenters. The van der Waals surface area contributed by atoms with Crippen molar-refractivity contribution in [1.82, 2.24) is 4.90 Å². The minimum Gasteiger partial charge on any atom is -0.395 e. The van der Waals surface area contributed by atoms with Gasteiger partial charge in [-0.25, -0.2) is 13.8 Å². The van der Waals surface area contributed by atoms with E-state index in [9.17, 15) is 13.9 Å². The fourth-order valence-corrected chi connectivity index (χ4v) is 3.08. The van der Waals surface area contributed by atoms with Gasteiger partial charge in [0.15, 0.2) is 0 Å². The molecule has 0 spiro atoms. The van der Waals surface area contributed by atoms with E-state index < -0.39 is 29.3 Å². The summed E-state index contributed by atoms with van der Waals surface area (Å²) in [5.74, 6) is -3.18. The molecule has 0 amide bonds. The van der Waals surface area contributed by atoms with E-state index >= 15 is 0 Å². The lowest BCUT2D eigenvalue weighted by atomic mass is 10.2. The number of aliphatic hydroxyl groups is 2. The van der Waals surface area contributed by atoms with Crippen LogP contribution in [0.3, 0.4) is 0 Å². The molecule has 9 heteroatoms. The van der Waals surface area contributed by atoms with Crippen molar-refractivity contribution in [3.63, 3.8) is 0 Å². The molecule has 2 rings (SSSR count). The molecule has 0 aromatic rings. The van der Waals surface area contributed by atoms with Crippen LogP contribution in [0.25, 0.3) is 0 Å². The Morgan fingerprint density at radius 1 is 1.65 bits per heavy atom. The highest BCUT2D eigenvalue weighted by Crippen LogP contribution is 2.46. The molecular weight excluding hydrogens is 254 g/mol.